The molecule has 2 atom stereocenters. The fourth-order valence-electron chi connectivity index (χ4n) is 4.15. The summed E-state index contributed by atoms with van der Waals surface area (Å²) >= 11 is 0. The molecule has 0 aliphatic carbocycles. The third-order valence-electron chi connectivity index (χ3n) is 5.22. The van der Waals surface area contributed by atoms with Crippen LogP contribution in [0.2, 0.25) is 0 Å². The maximum absolute atomic E-state index is 13.2. The number of furan rings is 1. The zero-order valence-corrected chi connectivity index (χ0v) is 14.0. The molecule has 25 heavy (non-hydrogen) atoms. The topological polar surface area (TPSA) is 57.5 Å². The Kier molecular flexibility index (Phi) is 4.44. The Labute approximate surface area is 146 Å². The largest absolute Gasteiger partial charge is 0.468 e. The molecule has 1 aromatic carbocycles. The first kappa shape index (κ1) is 16.1. The summed E-state index contributed by atoms with van der Waals surface area (Å²) in [5, 5.41) is 5.75. The Morgan fingerprint density at radius 1 is 1.20 bits per heavy atom. The molecule has 1 aromatic heterocycles. The first-order valence-electron chi connectivity index (χ1n) is 8.78. The maximum Gasteiger partial charge on any atom is 0.319 e. The number of hydrogen-bond acceptors (Lipinski definition) is 3. The third kappa shape index (κ3) is 3.69. The molecule has 2 saturated heterocycles. The zero-order chi connectivity index (χ0) is 17.2. The maximum atomic E-state index is 13.2. The summed E-state index contributed by atoms with van der Waals surface area (Å²) in [6.07, 6.45) is 5.91. The average molecular weight is 343 g/mol. The Balaban J connectivity index is 1.32. The second-order valence-corrected chi connectivity index (χ2v) is 6.91. The minimum absolute atomic E-state index is 0.152. The normalized spacial score (nSPS) is 25.7. The van der Waals surface area contributed by atoms with E-state index in [9.17, 15) is 9.18 Å². The summed E-state index contributed by atoms with van der Waals surface area (Å²) in [6, 6.07) is 10.7. The number of anilines is 1. The van der Waals surface area contributed by atoms with Gasteiger partial charge in [-0.05, 0) is 56.0 Å². The number of fused-ring (bicyclic) bond motifs is 2. The van der Waals surface area contributed by atoms with E-state index in [1.165, 1.54) is 12.1 Å². The molecule has 0 saturated carbocycles. The highest BCUT2D eigenvalue weighted by Gasteiger charge is 2.41. The van der Waals surface area contributed by atoms with Crippen molar-refractivity contribution in [2.24, 2.45) is 0 Å². The van der Waals surface area contributed by atoms with Gasteiger partial charge in [0.25, 0.3) is 0 Å². The fraction of sp³-hybridized carbons (Fsp3) is 0.421. The van der Waals surface area contributed by atoms with Gasteiger partial charge in [0, 0.05) is 23.8 Å². The molecular formula is C19H22FN3O2. The van der Waals surface area contributed by atoms with Gasteiger partial charge in [-0.2, -0.15) is 0 Å². The summed E-state index contributed by atoms with van der Waals surface area (Å²) in [6.45, 7) is 0.838. The van der Waals surface area contributed by atoms with Crippen LogP contribution < -0.4 is 10.6 Å². The van der Waals surface area contributed by atoms with Crippen molar-refractivity contribution in [1.82, 2.24) is 10.2 Å². The summed E-state index contributed by atoms with van der Waals surface area (Å²) in [5.74, 6) is 0.634. The van der Waals surface area contributed by atoms with Crippen LogP contribution in [-0.4, -0.2) is 29.1 Å². The summed E-state index contributed by atoms with van der Waals surface area (Å²) in [7, 11) is 0. The number of carbonyl (C=O) groups excluding carboxylic acids is 1. The zero-order valence-electron chi connectivity index (χ0n) is 14.0. The third-order valence-corrected chi connectivity index (χ3v) is 5.22. The number of rotatable bonds is 4. The molecule has 0 spiro atoms. The van der Waals surface area contributed by atoms with Crippen molar-refractivity contribution in [2.45, 2.75) is 50.4 Å². The van der Waals surface area contributed by atoms with E-state index < -0.39 is 0 Å². The van der Waals surface area contributed by atoms with Crippen molar-refractivity contribution >= 4 is 11.7 Å². The molecule has 6 heteroatoms. The van der Waals surface area contributed by atoms with Crippen LogP contribution in [0.3, 0.4) is 0 Å². The van der Waals surface area contributed by atoms with Gasteiger partial charge in [-0.15, -0.1) is 0 Å². The predicted octanol–water partition coefficient (Wildman–Crippen LogP) is 3.74. The van der Waals surface area contributed by atoms with Crippen LogP contribution in [0.4, 0.5) is 14.9 Å². The molecule has 2 aromatic rings. The number of hydrogen-bond donors (Lipinski definition) is 2. The highest BCUT2D eigenvalue weighted by molar-refractivity contribution is 5.89. The van der Waals surface area contributed by atoms with E-state index in [1.54, 1.807) is 18.4 Å². The van der Waals surface area contributed by atoms with Crippen molar-refractivity contribution < 1.29 is 13.6 Å². The molecule has 5 nitrogen and oxygen atoms in total. The van der Waals surface area contributed by atoms with Crippen molar-refractivity contribution in [3.8, 4) is 0 Å². The lowest BCUT2D eigenvalue weighted by Crippen LogP contribution is -2.50. The van der Waals surface area contributed by atoms with Crippen molar-refractivity contribution in [3.63, 3.8) is 0 Å². The van der Waals surface area contributed by atoms with Crippen molar-refractivity contribution in [2.75, 3.05) is 5.32 Å². The molecule has 2 aliphatic rings. The second-order valence-electron chi connectivity index (χ2n) is 6.91. The number of benzene rings is 1. The highest BCUT2D eigenvalue weighted by Crippen LogP contribution is 2.36. The van der Waals surface area contributed by atoms with Crippen LogP contribution in [-0.2, 0) is 6.54 Å². The molecule has 2 bridgehead atoms. The van der Waals surface area contributed by atoms with Crippen molar-refractivity contribution in [1.29, 1.82) is 0 Å². The Morgan fingerprint density at radius 2 is 2.00 bits per heavy atom. The van der Waals surface area contributed by atoms with Crippen LogP contribution in [0.25, 0.3) is 0 Å². The van der Waals surface area contributed by atoms with E-state index in [-0.39, 0.29) is 17.9 Å². The van der Waals surface area contributed by atoms with Crippen molar-refractivity contribution in [3.05, 3.63) is 54.2 Å². The van der Waals surface area contributed by atoms with Crippen LogP contribution >= 0.6 is 0 Å². The molecule has 2 fully saturated rings. The predicted molar refractivity (Wildman–Crippen MR) is 92.6 cm³/mol. The van der Waals surface area contributed by atoms with E-state index in [4.69, 9.17) is 4.42 Å². The second kappa shape index (κ2) is 6.88. The van der Waals surface area contributed by atoms with Gasteiger partial charge in [0.1, 0.15) is 11.6 Å². The molecule has 2 aliphatic heterocycles. The molecule has 2 unspecified atom stereocenters. The number of piperidine rings is 1. The molecule has 2 amide bonds. The van der Waals surface area contributed by atoms with Gasteiger partial charge in [-0.3, -0.25) is 4.90 Å². The number of carbonyl (C=O) groups is 1. The first-order chi connectivity index (χ1) is 12.2. The quantitative estimate of drug-likeness (QED) is 0.889. The van der Waals surface area contributed by atoms with E-state index in [0.29, 0.717) is 17.8 Å². The number of nitrogens with zero attached hydrogens (tertiary/aromatic N) is 1. The molecule has 0 radical (unpaired) electrons. The number of halogens is 1. The van der Waals surface area contributed by atoms with Gasteiger partial charge in [-0.25, -0.2) is 9.18 Å². The van der Waals surface area contributed by atoms with E-state index in [1.807, 2.05) is 12.1 Å². The van der Waals surface area contributed by atoms with E-state index in [2.05, 4.69) is 15.5 Å². The Bertz CT molecular complexity index is 720. The smallest absolute Gasteiger partial charge is 0.319 e. The van der Waals surface area contributed by atoms with Crippen LogP contribution in [0.1, 0.15) is 31.4 Å². The van der Waals surface area contributed by atoms with Crippen LogP contribution in [0.5, 0.6) is 0 Å². The van der Waals surface area contributed by atoms with Gasteiger partial charge in [-0.1, -0.05) is 6.07 Å². The standard InChI is InChI=1S/C19H22FN3O2/c20-13-3-1-4-14(9-13)21-19(24)22-15-10-16-6-7-17(11-15)23(16)12-18-5-2-8-25-18/h1-5,8-9,15-17H,6-7,10-12H2,(H2,21,22,24). The molecule has 4 rings (SSSR count). The van der Waals surface area contributed by atoms with Gasteiger partial charge in [0.2, 0.25) is 0 Å². The van der Waals surface area contributed by atoms with Gasteiger partial charge in [0.05, 0.1) is 12.8 Å². The van der Waals surface area contributed by atoms with Gasteiger partial charge >= 0.3 is 6.03 Å². The lowest BCUT2D eigenvalue weighted by Gasteiger charge is -2.38. The van der Waals surface area contributed by atoms with Crippen LogP contribution in [0.15, 0.2) is 47.1 Å². The monoisotopic (exact) mass is 343 g/mol. The average Bonchev–Trinajstić information content (AvgIpc) is 3.15. The molecular weight excluding hydrogens is 321 g/mol. The van der Waals surface area contributed by atoms with Gasteiger partial charge in [0.15, 0.2) is 0 Å². The first-order valence-corrected chi connectivity index (χ1v) is 8.78. The molecule has 3 heterocycles. The Hall–Kier alpha value is -2.34. The lowest BCUT2D eigenvalue weighted by atomic mass is 9.97. The SMILES string of the molecule is O=C(Nc1cccc(F)c1)NC1CC2CCC(C1)N2Cc1ccco1. The van der Waals surface area contributed by atoms with E-state index in [0.717, 1.165) is 38.0 Å². The Morgan fingerprint density at radius 3 is 2.68 bits per heavy atom. The van der Waals surface area contributed by atoms with E-state index >= 15 is 0 Å². The number of amides is 2. The molecule has 2 N–H and O–H groups in total. The fourth-order valence-corrected chi connectivity index (χ4v) is 4.15. The minimum Gasteiger partial charge on any atom is -0.468 e. The summed E-state index contributed by atoms with van der Waals surface area (Å²) in [4.78, 5) is 14.7. The van der Waals surface area contributed by atoms with Gasteiger partial charge < -0.3 is 15.1 Å². The molecule has 132 valence electrons. The number of nitrogens with one attached hydrogen (secondary N) is 2. The van der Waals surface area contributed by atoms with Crippen LogP contribution in [0, 0.1) is 5.82 Å². The number of urea groups is 1. The summed E-state index contributed by atoms with van der Waals surface area (Å²) < 4.78 is 18.7. The minimum atomic E-state index is -0.359. The highest BCUT2D eigenvalue weighted by atomic mass is 19.1. The summed E-state index contributed by atoms with van der Waals surface area (Å²) in [5.41, 5.74) is 0.468. The lowest BCUT2D eigenvalue weighted by molar-refractivity contribution is 0.104.